The average molecular weight is 439 g/mol. The molecule has 0 bridgehead atoms. The lowest BCUT2D eigenvalue weighted by Crippen LogP contribution is -2.30. The maximum Gasteiger partial charge on any atom is 0.212 e. The number of rotatable bonds is 5. The highest BCUT2D eigenvalue weighted by molar-refractivity contribution is 6.33. The van der Waals surface area contributed by atoms with Gasteiger partial charge in [0.1, 0.15) is 18.9 Å². The number of fused-ring (bicyclic) bond motifs is 4. The van der Waals surface area contributed by atoms with Crippen LogP contribution in [0.3, 0.4) is 0 Å². The number of benzene rings is 3. The fourth-order valence-electron chi connectivity index (χ4n) is 5.10. The number of para-hydroxylation sites is 1. The van der Waals surface area contributed by atoms with Crippen molar-refractivity contribution in [2.45, 2.75) is 32.7 Å². The molecule has 3 aromatic carbocycles. The molecule has 166 valence electrons. The van der Waals surface area contributed by atoms with Crippen LogP contribution in [0.5, 0.6) is 0 Å². The summed E-state index contributed by atoms with van der Waals surface area (Å²) in [5, 5.41) is 12.3. The molecule has 0 spiro atoms. The molecular weight excluding hydrogens is 410 g/mol. The van der Waals surface area contributed by atoms with Crippen LogP contribution in [-0.4, -0.2) is 35.2 Å². The van der Waals surface area contributed by atoms with Gasteiger partial charge >= 0.3 is 0 Å². The van der Waals surface area contributed by atoms with E-state index >= 15 is 0 Å². The quantitative estimate of drug-likeness (QED) is 0.158. The van der Waals surface area contributed by atoms with Crippen molar-refractivity contribution in [2.75, 3.05) is 19.1 Å². The molecule has 5 rings (SSSR count). The maximum atomic E-state index is 11.0. The van der Waals surface area contributed by atoms with Crippen LogP contribution in [0, 0.1) is 4.91 Å². The van der Waals surface area contributed by atoms with Crippen molar-refractivity contribution in [1.29, 1.82) is 0 Å². The van der Waals surface area contributed by atoms with Crippen molar-refractivity contribution in [3.63, 3.8) is 0 Å². The van der Waals surface area contributed by atoms with Gasteiger partial charge in [0.2, 0.25) is 11.4 Å². The van der Waals surface area contributed by atoms with Crippen LogP contribution in [-0.2, 0) is 12.0 Å². The molecule has 0 saturated carbocycles. The molecule has 0 unspecified atom stereocenters. The number of hydrogen-bond acceptors (Lipinski definition) is 4. The zero-order valence-corrected chi connectivity index (χ0v) is 19.7. The summed E-state index contributed by atoms with van der Waals surface area (Å²) in [6, 6.07) is 20.6. The SMILES string of the molecule is CCn1c2ccccc2c2cc(N(C)N=CC3=[N+](C)c4ccc(N=O)cc4C3(C)C)ccc21. The summed E-state index contributed by atoms with van der Waals surface area (Å²) in [6.07, 6.45) is 1.92. The summed E-state index contributed by atoms with van der Waals surface area (Å²) >= 11 is 0. The van der Waals surface area contributed by atoms with Gasteiger partial charge in [-0.2, -0.15) is 9.68 Å². The van der Waals surface area contributed by atoms with Gasteiger partial charge < -0.3 is 4.57 Å². The molecule has 0 aliphatic carbocycles. The molecule has 0 N–H and O–H groups in total. The number of hydrazone groups is 1. The van der Waals surface area contributed by atoms with Crippen LogP contribution in [0.1, 0.15) is 26.3 Å². The Hall–Kier alpha value is -3.80. The molecule has 1 aromatic heterocycles. The summed E-state index contributed by atoms with van der Waals surface area (Å²) in [5.41, 5.74) is 6.91. The molecule has 0 radical (unpaired) electrons. The Morgan fingerprint density at radius 2 is 1.79 bits per heavy atom. The summed E-state index contributed by atoms with van der Waals surface area (Å²) in [4.78, 5) is 11.0. The molecule has 33 heavy (non-hydrogen) atoms. The van der Waals surface area contributed by atoms with Gasteiger partial charge in [0.05, 0.1) is 11.1 Å². The number of anilines is 1. The lowest BCUT2D eigenvalue weighted by atomic mass is 9.82. The highest BCUT2D eigenvalue weighted by Crippen LogP contribution is 2.40. The molecule has 6 nitrogen and oxygen atoms in total. The first kappa shape index (κ1) is 21.1. The first-order chi connectivity index (χ1) is 15.9. The Kier molecular flexibility index (Phi) is 4.89. The van der Waals surface area contributed by atoms with E-state index in [9.17, 15) is 4.91 Å². The van der Waals surface area contributed by atoms with E-state index in [0.717, 1.165) is 29.2 Å². The van der Waals surface area contributed by atoms with Gasteiger partial charge in [-0.15, -0.1) is 4.91 Å². The van der Waals surface area contributed by atoms with Gasteiger partial charge in [-0.3, -0.25) is 5.01 Å². The van der Waals surface area contributed by atoms with E-state index in [1.165, 1.54) is 21.8 Å². The second-order valence-corrected chi connectivity index (χ2v) is 9.09. The van der Waals surface area contributed by atoms with E-state index < -0.39 is 0 Å². The predicted molar refractivity (Wildman–Crippen MR) is 138 cm³/mol. The standard InChI is InChI=1S/C27H28N5O/c1-6-32-23-10-8-7-9-20(23)21-16-19(12-14-24(21)32)31(5)28-17-26-27(2,3)22-15-18(29-33)11-13-25(22)30(26)4/h7-17H,6H2,1-5H3/q+1. The lowest BCUT2D eigenvalue weighted by Gasteiger charge is -2.17. The van der Waals surface area contributed by atoms with E-state index in [1.807, 2.05) is 37.5 Å². The predicted octanol–water partition coefficient (Wildman–Crippen LogP) is 6.34. The van der Waals surface area contributed by atoms with Crippen LogP contribution >= 0.6 is 0 Å². The monoisotopic (exact) mass is 438 g/mol. The molecule has 0 atom stereocenters. The van der Waals surface area contributed by atoms with Gasteiger partial charge in [-0.1, -0.05) is 18.2 Å². The summed E-state index contributed by atoms with van der Waals surface area (Å²) in [7, 11) is 4.01. The molecule has 0 amide bonds. The maximum absolute atomic E-state index is 11.0. The molecule has 1 aliphatic heterocycles. The van der Waals surface area contributed by atoms with Crippen molar-refractivity contribution in [3.05, 3.63) is 71.1 Å². The molecule has 1 aliphatic rings. The minimum absolute atomic E-state index is 0.284. The van der Waals surface area contributed by atoms with Crippen LogP contribution < -0.4 is 5.01 Å². The zero-order valence-electron chi connectivity index (χ0n) is 19.7. The van der Waals surface area contributed by atoms with E-state index in [2.05, 4.69) is 77.6 Å². The fraction of sp³-hybridized carbons (Fsp3) is 0.259. The Bertz CT molecular complexity index is 1470. The second-order valence-electron chi connectivity index (χ2n) is 9.09. The van der Waals surface area contributed by atoms with Crippen LogP contribution in [0.25, 0.3) is 21.8 Å². The first-order valence-electron chi connectivity index (χ1n) is 11.2. The van der Waals surface area contributed by atoms with Crippen LogP contribution in [0.15, 0.2) is 70.9 Å². The topological polar surface area (TPSA) is 53.0 Å². The molecule has 6 heteroatoms. The fourth-order valence-corrected chi connectivity index (χ4v) is 5.10. The van der Waals surface area contributed by atoms with Gasteiger partial charge in [0.25, 0.3) is 0 Å². The Morgan fingerprint density at radius 3 is 2.55 bits per heavy atom. The zero-order chi connectivity index (χ0) is 23.3. The van der Waals surface area contributed by atoms with E-state index in [0.29, 0.717) is 5.69 Å². The van der Waals surface area contributed by atoms with Gasteiger partial charge in [0, 0.05) is 47.0 Å². The summed E-state index contributed by atoms with van der Waals surface area (Å²) in [6.45, 7) is 7.41. The normalized spacial score (nSPS) is 15.1. The molecule has 0 fully saturated rings. The second kappa shape index (κ2) is 7.66. The number of aromatic nitrogens is 1. The number of nitroso groups, excluding NO2 is 1. The minimum atomic E-state index is -0.284. The average Bonchev–Trinajstić information content (AvgIpc) is 3.25. The molecule has 0 saturated heterocycles. The van der Waals surface area contributed by atoms with Crippen LogP contribution in [0.2, 0.25) is 0 Å². The molecular formula is C27H28N5O+. The summed E-state index contributed by atoms with van der Waals surface area (Å²) in [5.74, 6) is 0. The third kappa shape index (κ3) is 3.17. The van der Waals surface area contributed by atoms with E-state index in [1.54, 1.807) is 6.07 Å². The lowest BCUT2D eigenvalue weighted by molar-refractivity contribution is -0.400. The molecule has 2 heterocycles. The van der Waals surface area contributed by atoms with E-state index in [-0.39, 0.29) is 5.41 Å². The smallest absolute Gasteiger partial charge is 0.212 e. The Labute approximate surface area is 193 Å². The van der Waals surface area contributed by atoms with Gasteiger partial charge in [-0.25, -0.2) is 0 Å². The molecule has 4 aromatic rings. The van der Waals surface area contributed by atoms with Gasteiger partial charge in [-0.05, 0) is 62.3 Å². The first-order valence-corrected chi connectivity index (χ1v) is 11.2. The van der Waals surface area contributed by atoms with E-state index in [4.69, 9.17) is 5.10 Å². The minimum Gasteiger partial charge on any atom is -0.341 e. The summed E-state index contributed by atoms with van der Waals surface area (Å²) < 4.78 is 4.49. The van der Waals surface area contributed by atoms with Crippen molar-refractivity contribution >= 4 is 50.8 Å². The van der Waals surface area contributed by atoms with Gasteiger partial charge in [0.15, 0.2) is 0 Å². The highest BCUT2D eigenvalue weighted by atomic mass is 16.3. The number of hydrogen-bond donors (Lipinski definition) is 0. The van der Waals surface area contributed by atoms with Crippen LogP contribution in [0.4, 0.5) is 17.1 Å². The third-order valence-corrected chi connectivity index (χ3v) is 6.92. The van der Waals surface area contributed by atoms with Crippen molar-refractivity contribution < 1.29 is 4.58 Å². The third-order valence-electron chi connectivity index (χ3n) is 6.92. The largest absolute Gasteiger partial charge is 0.341 e. The Morgan fingerprint density at radius 1 is 1.03 bits per heavy atom. The number of aryl methyl sites for hydroxylation is 1. The van der Waals surface area contributed by atoms with Crippen molar-refractivity contribution in [3.8, 4) is 0 Å². The van der Waals surface area contributed by atoms with Crippen molar-refractivity contribution in [1.82, 2.24) is 4.57 Å². The number of nitrogens with zero attached hydrogens (tertiary/aromatic N) is 5. The van der Waals surface area contributed by atoms with Crippen molar-refractivity contribution in [2.24, 2.45) is 10.3 Å². The highest BCUT2D eigenvalue weighted by Gasteiger charge is 2.43. The Balaban J connectivity index is 1.51.